The van der Waals surface area contributed by atoms with Crippen LogP contribution in [0, 0.1) is 0 Å². The molecule has 28 heavy (non-hydrogen) atoms. The smallest absolute Gasteiger partial charge is 0.376 e. The second-order valence-electron chi connectivity index (χ2n) is 5.02. The number of alkyl halides is 6. The summed E-state index contributed by atoms with van der Waals surface area (Å²) in [5.41, 5.74) is -11.3. The molecule has 0 saturated carbocycles. The lowest BCUT2D eigenvalue weighted by Crippen LogP contribution is -2.28. The Labute approximate surface area is 154 Å². The summed E-state index contributed by atoms with van der Waals surface area (Å²) in [5, 5.41) is 0. The Morgan fingerprint density at radius 1 is 0.607 bits per heavy atom. The number of hydrogen-bond donors (Lipinski definition) is 0. The van der Waals surface area contributed by atoms with Crippen LogP contribution in [0.5, 0.6) is 11.5 Å². The van der Waals surface area contributed by atoms with E-state index in [0.717, 1.165) is 36.4 Å². The van der Waals surface area contributed by atoms with Gasteiger partial charge in [-0.3, -0.25) is 0 Å². The van der Waals surface area contributed by atoms with Crippen molar-refractivity contribution in [1.29, 1.82) is 0 Å². The van der Waals surface area contributed by atoms with Crippen LogP contribution in [0.4, 0.5) is 26.3 Å². The molecule has 0 unspecified atom stereocenters. The van der Waals surface area contributed by atoms with Crippen LogP contribution < -0.4 is 8.37 Å². The zero-order valence-electron chi connectivity index (χ0n) is 13.2. The van der Waals surface area contributed by atoms with Gasteiger partial charge in [-0.05, 0) is 35.4 Å². The first kappa shape index (κ1) is 21.8. The normalized spacial score (nSPS) is 13.2. The molecular formula is C14H8F6O6S2. The van der Waals surface area contributed by atoms with Crippen LogP contribution in [0.25, 0.3) is 11.1 Å². The summed E-state index contributed by atoms with van der Waals surface area (Å²) >= 11 is 0. The van der Waals surface area contributed by atoms with Crippen LogP contribution in [0.15, 0.2) is 48.5 Å². The minimum atomic E-state index is -5.93. The highest BCUT2D eigenvalue weighted by atomic mass is 32.2. The van der Waals surface area contributed by atoms with E-state index < -0.39 is 42.8 Å². The third-order valence-electron chi connectivity index (χ3n) is 2.98. The van der Waals surface area contributed by atoms with Gasteiger partial charge in [0.15, 0.2) is 0 Å². The van der Waals surface area contributed by atoms with Gasteiger partial charge in [0.2, 0.25) is 0 Å². The van der Waals surface area contributed by atoms with E-state index in [9.17, 15) is 43.2 Å². The zero-order valence-corrected chi connectivity index (χ0v) is 14.8. The molecule has 6 nitrogen and oxygen atoms in total. The largest absolute Gasteiger partial charge is 0.534 e. The monoisotopic (exact) mass is 450 g/mol. The Balaban J connectivity index is 2.35. The van der Waals surface area contributed by atoms with Crippen LogP contribution in [0.2, 0.25) is 0 Å². The summed E-state index contributed by atoms with van der Waals surface area (Å²) in [4.78, 5) is 0. The minimum absolute atomic E-state index is 0.0183. The lowest BCUT2D eigenvalue weighted by Gasteiger charge is -2.12. The second-order valence-corrected chi connectivity index (χ2v) is 8.10. The average molecular weight is 450 g/mol. The van der Waals surface area contributed by atoms with Crippen molar-refractivity contribution in [3.05, 3.63) is 48.5 Å². The molecule has 0 fully saturated rings. The standard InChI is InChI=1S/C14H8F6O6S2/c15-13(16,17)27(21,22)25-11-5-1-3-9(7-11)10-4-2-6-12(8-10)26-28(23,24)14(18,19)20/h1-8H. The first-order valence-electron chi connectivity index (χ1n) is 6.84. The molecule has 0 amide bonds. The van der Waals surface area contributed by atoms with Crippen molar-refractivity contribution in [2.45, 2.75) is 11.0 Å². The maximum Gasteiger partial charge on any atom is 0.534 e. The van der Waals surface area contributed by atoms with E-state index in [-0.39, 0.29) is 11.1 Å². The van der Waals surface area contributed by atoms with Crippen LogP contribution in [0.3, 0.4) is 0 Å². The van der Waals surface area contributed by atoms with E-state index in [0.29, 0.717) is 0 Å². The van der Waals surface area contributed by atoms with E-state index in [1.54, 1.807) is 0 Å². The molecule has 2 aromatic rings. The van der Waals surface area contributed by atoms with Gasteiger partial charge in [-0.2, -0.15) is 43.2 Å². The van der Waals surface area contributed by atoms with Gasteiger partial charge in [0.25, 0.3) is 0 Å². The third-order valence-corrected chi connectivity index (χ3v) is 4.94. The second kappa shape index (κ2) is 7.16. The first-order chi connectivity index (χ1) is 12.6. The van der Waals surface area contributed by atoms with Crippen LogP contribution in [-0.4, -0.2) is 27.9 Å². The van der Waals surface area contributed by atoms with Gasteiger partial charge in [-0.1, -0.05) is 24.3 Å². The molecule has 14 heteroatoms. The molecule has 0 aliphatic heterocycles. The summed E-state index contributed by atoms with van der Waals surface area (Å²) in [6.07, 6.45) is 0. The Morgan fingerprint density at radius 3 is 1.21 bits per heavy atom. The number of rotatable bonds is 5. The van der Waals surface area contributed by atoms with E-state index in [4.69, 9.17) is 0 Å². The quantitative estimate of drug-likeness (QED) is 0.391. The van der Waals surface area contributed by atoms with Crippen molar-refractivity contribution in [3.63, 3.8) is 0 Å². The molecule has 0 aromatic heterocycles. The SMILES string of the molecule is O=S(=O)(Oc1cccc(-c2cccc(OS(=O)(=O)C(F)(F)F)c2)c1)C(F)(F)F. The van der Waals surface area contributed by atoms with Crippen molar-refractivity contribution >= 4 is 20.2 Å². The van der Waals surface area contributed by atoms with Crippen molar-refractivity contribution in [2.24, 2.45) is 0 Å². The van der Waals surface area contributed by atoms with Crippen LogP contribution >= 0.6 is 0 Å². The molecule has 2 aromatic carbocycles. The molecule has 0 aliphatic carbocycles. The predicted molar refractivity (Wildman–Crippen MR) is 83.1 cm³/mol. The average Bonchev–Trinajstić information content (AvgIpc) is 2.52. The van der Waals surface area contributed by atoms with Crippen molar-refractivity contribution < 1.29 is 51.5 Å². The van der Waals surface area contributed by atoms with Gasteiger partial charge in [-0.15, -0.1) is 0 Å². The summed E-state index contributed by atoms with van der Waals surface area (Å²) in [5.74, 6) is -1.44. The van der Waals surface area contributed by atoms with E-state index in [2.05, 4.69) is 8.37 Å². The van der Waals surface area contributed by atoms with Crippen LogP contribution in [0.1, 0.15) is 0 Å². The molecule has 0 atom stereocenters. The summed E-state index contributed by atoms with van der Waals surface area (Å²) < 4.78 is 126. The highest BCUT2D eigenvalue weighted by Crippen LogP contribution is 2.32. The van der Waals surface area contributed by atoms with Gasteiger partial charge in [0, 0.05) is 0 Å². The lowest BCUT2D eigenvalue weighted by molar-refractivity contribution is -0.0504. The van der Waals surface area contributed by atoms with Crippen molar-refractivity contribution in [3.8, 4) is 22.6 Å². The Hall–Kier alpha value is -2.48. The maximum absolute atomic E-state index is 12.4. The molecule has 154 valence electrons. The molecule has 0 aliphatic rings. The summed E-state index contributed by atoms with van der Waals surface area (Å²) in [6.45, 7) is 0. The highest BCUT2D eigenvalue weighted by molar-refractivity contribution is 7.88. The molecular weight excluding hydrogens is 442 g/mol. The topological polar surface area (TPSA) is 86.7 Å². The molecule has 0 heterocycles. The fourth-order valence-corrected chi connectivity index (χ4v) is 2.71. The summed E-state index contributed by atoms with van der Waals surface area (Å²) in [7, 11) is -11.9. The predicted octanol–water partition coefficient (Wildman–Crippen LogP) is 3.81. The Kier molecular flexibility index (Phi) is 5.58. The van der Waals surface area contributed by atoms with E-state index in [1.165, 1.54) is 12.1 Å². The molecule has 0 bridgehead atoms. The van der Waals surface area contributed by atoms with E-state index >= 15 is 0 Å². The van der Waals surface area contributed by atoms with Crippen LogP contribution in [-0.2, 0) is 20.2 Å². The molecule has 0 saturated heterocycles. The molecule has 0 spiro atoms. The van der Waals surface area contributed by atoms with Gasteiger partial charge < -0.3 is 8.37 Å². The number of hydrogen-bond acceptors (Lipinski definition) is 6. The fourth-order valence-electron chi connectivity index (χ4n) is 1.80. The molecule has 2 rings (SSSR count). The Bertz CT molecular complexity index is 986. The molecule has 0 radical (unpaired) electrons. The number of halogens is 6. The zero-order chi connectivity index (χ0) is 21.4. The third kappa shape index (κ3) is 4.86. The Morgan fingerprint density at radius 2 is 0.929 bits per heavy atom. The van der Waals surface area contributed by atoms with Gasteiger partial charge >= 0.3 is 31.3 Å². The highest BCUT2D eigenvalue weighted by Gasteiger charge is 2.49. The summed E-state index contributed by atoms with van der Waals surface area (Å²) in [6, 6.07) is 8.31. The van der Waals surface area contributed by atoms with Gasteiger partial charge in [0.05, 0.1) is 0 Å². The molecule has 0 N–H and O–H groups in total. The first-order valence-corrected chi connectivity index (χ1v) is 9.66. The lowest BCUT2D eigenvalue weighted by atomic mass is 10.1. The number of benzene rings is 2. The van der Waals surface area contributed by atoms with E-state index in [1.807, 2.05) is 0 Å². The fraction of sp³-hybridized carbons (Fsp3) is 0.143. The minimum Gasteiger partial charge on any atom is -0.376 e. The maximum atomic E-state index is 12.4. The van der Waals surface area contributed by atoms with Crippen molar-refractivity contribution in [1.82, 2.24) is 0 Å². The van der Waals surface area contributed by atoms with Gasteiger partial charge in [-0.25, -0.2) is 0 Å². The van der Waals surface area contributed by atoms with Crippen molar-refractivity contribution in [2.75, 3.05) is 0 Å². The van der Waals surface area contributed by atoms with Gasteiger partial charge in [0.1, 0.15) is 11.5 Å².